The monoisotopic (exact) mass is 448 g/mol. The lowest BCUT2D eigenvalue weighted by Gasteiger charge is -2.22. The molecule has 4 aromatic rings. The van der Waals surface area contributed by atoms with Gasteiger partial charge in [-0.15, -0.1) is 0 Å². The zero-order valence-electron chi connectivity index (χ0n) is 18.5. The molecule has 2 heterocycles. The molecule has 4 rings (SSSR count). The SMILES string of the molecule is CCN(CC)c1cc2[nH]c(=O)[nH]c2cc1N=Cc1c(O)n(-c2cccc(C)c2)c(=O)[nH]c1=O. The largest absolute Gasteiger partial charge is 0.493 e. The highest BCUT2D eigenvalue weighted by Crippen LogP contribution is 2.32. The van der Waals surface area contributed by atoms with Crippen LogP contribution in [0.2, 0.25) is 0 Å². The average Bonchev–Trinajstić information content (AvgIpc) is 3.13. The number of aliphatic imine (C=N–C) groups is 1. The van der Waals surface area contributed by atoms with E-state index in [1.54, 1.807) is 24.3 Å². The van der Waals surface area contributed by atoms with E-state index in [1.807, 2.05) is 32.9 Å². The normalized spacial score (nSPS) is 11.5. The van der Waals surface area contributed by atoms with E-state index in [0.717, 1.165) is 15.8 Å². The van der Waals surface area contributed by atoms with E-state index >= 15 is 0 Å². The van der Waals surface area contributed by atoms with E-state index in [1.165, 1.54) is 6.21 Å². The van der Waals surface area contributed by atoms with E-state index in [0.29, 0.717) is 35.5 Å². The molecule has 0 aliphatic rings. The highest BCUT2D eigenvalue weighted by Gasteiger charge is 2.16. The smallest absolute Gasteiger partial charge is 0.335 e. The molecule has 10 heteroatoms. The summed E-state index contributed by atoms with van der Waals surface area (Å²) in [7, 11) is 0. The number of fused-ring (bicyclic) bond motifs is 1. The molecule has 2 aromatic heterocycles. The van der Waals surface area contributed by atoms with Gasteiger partial charge in [0, 0.05) is 19.3 Å². The van der Waals surface area contributed by atoms with E-state index in [-0.39, 0.29) is 11.3 Å². The Kier molecular flexibility index (Phi) is 5.74. The van der Waals surface area contributed by atoms with Crippen LogP contribution in [0, 0.1) is 6.92 Å². The molecule has 0 fully saturated rings. The molecule has 0 saturated heterocycles. The molecule has 0 radical (unpaired) electrons. The predicted octanol–water partition coefficient (Wildman–Crippen LogP) is 2.31. The van der Waals surface area contributed by atoms with Crippen LogP contribution in [-0.4, -0.2) is 43.9 Å². The number of rotatable bonds is 6. The summed E-state index contributed by atoms with van der Waals surface area (Å²) >= 11 is 0. The molecule has 10 nitrogen and oxygen atoms in total. The van der Waals surface area contributed by atoms with E-state index in [9.17, 15) is 19.5 Å². The van der Waals surface area contributed by atoms with Crippen LogP contribution in [-0.2, 0) is 0 Å². The maximum Gasteiger partial charge on any atom is 0.335 e. The number of imidazole rings is 1. The first-order chi connectivity index (χ1) is 15.8. The van der Waals surface area contributed by atoms with E-state index in [4.69, 9.17) is 0 Å². The number of nitrogens with zero attached hydrogens (tertiary/aromatic N) is 3. The molecule has 0 atom stereocenters. The minimum absolute atomic E-state index is 0.163. The highest BCUT2D eigenvalue weighted by molar-refractivity contribution is 5.91. The second-order valence-electron chi connectivity index (χ2n) is 7.57. The number of H-pyrrole nitrogens is 3. The van der Waals surface area contributed by atoms with Gasteiger partial charge in [-0.1, -0.05) is 12.1 Å². The van der Waals surface area contributed by atoms with Crippen LogP contribution in [0.1, 0.15) is 25.0 Å². The maximum absolute atomic E-state index is 12.5. The number of nitrogens with one attached hydrogen (secondary N) is 3. The minimum atomic E-state index is -0.759. The van der Waals surface area contributed by atoms with Crippen LogP contribution in [0.5, 0.6) is 5.88 Å². The summed E-state index contributed by atoms with van der Waals surface area (Å²) in [6, 6.07) is 10.5. The Hall–Kier alpha value is -4.34. The second-order valence-corrected chi connectivity index (χ2v) is 7.57. The molecular formula is C23H24N6O4. The molecule has 170 valence electrons. The first kappa shape index (κ1) is 21.9. The Labute approximate surface area is 187 Å². The van der Waals surface area contributed by atoms with Crippen LogP contribution < -0.4 is 21.8 Å². The summed E-state index contributed by atoms with van der Waals surface area (Å²) in [5, 5.41) is 10.8. The van der Waals surface area contributed by atoms with Crippen molar-refractivity contribution >= 4 is 28.6 Å². The fourth-order valence-corrected chi connectivity index (χ4v) is 3.78. The van der Waals surface area contributed by atoms with Crippen molar-refractivity contribution in [3.05, 3.63) is 78.8 Å². The fourth-order valence-electron chi connectivity index (χ4n) is 3.78. The fraction of sp³-hybridized carbons (Fsp3) is 0.217. The minimum Gasteiger partial charge on any atom is -0.493 e. The van der Waals surface area contributed by atoms with Crippen molar-refractivity contribution in [1.82, 2.24) is 19.5 Å². The zero-order chi connectivity index (χ0) is 23.7. The Morgan fingerprint density at radius 2 is 1.73 bits per heavy atom. The van der Waals surface area contributed by atoms with Gasteiger partial charge >= 0.3 is 11.4 Å². The molecule has 2 aromatic carbocycles. The summed E-state index contributed by atoms with van der Waals surface area (Å²) in [6.07, 6.45) is 1.22. The standard InChI is InChI=1S/C23H24N6O4/c1-4-28(5-2)19-11-17-16(25-22(32)26-17)10-18(19)24-12-15-20(30)27-23(33)29(21(15)31)14-8-6-7-13(3)9-14/h6-12,31H,4-5H2,1-3H3,(H2,25,26,32)(H,27,30,33). The predicted molar refractivity (Wildman–Crippen MR) is 129 cm³/mol. The first-order valence-corrected chi connectivity index (χ1v) is 10.5. The number of hydrogen-bond donors (Lipinski definition) is 4. The lowest BCUT2D eigenvalue weighted by atomic mass is 10.2. The van der Waals surface area contributed by atoms with Gasteiger partial charge in [0.05, 0.1) is 28.1 Å². The first-order valence-electron chi connectivity index (χ1n) is 10.5. The van der Waals surface area contributed by atoms with Crippen LogP contribution in [0.15, 0.2) is 55.8 Å². The lowest BCUT2D eigenvalue weighted by Crippen LogP contribution is -2.31. The van der Waals surface area contributed by atoms with Gasteiger partial charge in [-0.3, -0.25) is 14.8 Å². The average molecular weight is 448 g/mol. The quantitative estimate of drug-likeness (QED) is 0.335. The third-order valence-electron chi connectivity index (χ3n) is 5.43. The molecular weight excluding hydrogens is 424 g/mol. The molecule has 0 aliphatic heterocycles. The number of aromatic amines is 3. The van der Waals surface area contributed by atoms with Crippen LogP contribution in [0.4, 0.5) is 11.4 Å². The Morgan fingerprint density at radius 1 is 1.03 bits per heavy atom. The summed E-state index contributed by atoms with van der Waals surface area (Å²) < 4.78 is 1.02. The molecule has 0 aliphatic carbocycles. The van der Waals surface area contributed by atoms with Crippen molar-refractivity contribution in [2.75, 3.05) is 18.0 Å². The van der Waals surface area contributed by atoms with Gasteiger partial charge in [-0.2, -0.15) is 0 Å². The van der Waals surface area contributed by atoms with Crippen molar-refractivity contribution in [3.8, 4) is 11.6 Å². The number of hydrogen-bond acceptors (Lipinski definition) is 6. The second kappa shape index (κ2) is 8.65. The van der Waals surface area contributed by atoms with E-state index in [2.05, 4.69) is 24.8 Å². The van der Waals surface area contributed by atoms with Crippen molar-refractivity contribution < 1.29 is 5.11 Å². The number of anilines is 1. The van der Waals surface area contributed by atoms with Crippen molar-refractivity contribution in [2.24, 2.45) is 4.99 Å². The topological polar surface area (TPSA) is 139 Å². The van der Waals surface area contributed by atoms with Crippen molar-refractivity contribution in [2.45, 2.75) is 20.8 Å². The lowest BCUT2D eigenvalue weighted by molar-refractivity contribution is 0.430. The maximum atomic E-state index is 12.5. The summed E-state index contributed by atoms with van der Waals surface area (Å²) in [5.41, 5.74) is 1.73. The van der Waals surface area contributed by atoms with Gasteiger partial charge in [0.1, 0.15) is 5.56 Å². The summed E-state index contributed by atoms with van der Waals surface area (Å²) in [5.74, 6) is -0.515. The number of aryl methyl sites for hydroxylation is 1. The molecule has 0 amide bonds. The molecule has 0 spiro atoms. The molecule has 0 bridgehead atoms. The summed E-state index contributed by atoms with van der Waals surface area (Å²) in [6.45, 7) is 7.24. The van der Waals surface area contributed by atoms with Crippen LogP contribution in [0.3, 0.4) is 0 Å². The highest BCUT2D eigenvalue weighted by atomic mass is 16.3. The molecule has 0 saturated carbocycles. The third kappa shape index (κ3) is 4.10. The van der Waals surface area contributed by atoms with Crippen molar-refractivity contribution in [1.29, 1.82) is 0 Å². The van der Waals surface area contributed by atoms with Gasteiger partial charge in [-0.25, -0.2) is 14.2 Å². The molecule has 33 heavy (non-hydrogen) atoms. The van der Waals surface area contributed by atoms with Crippen molar-refractivity contribution in [3.63, 3.8) is 0 Å². The number of aromatic nitrogens is 4. The Morgan fingerprint density at radius 3 is 2.39 bits per heavy atom. The van der Waals surface area contributed by atoms with Gasteiger partial charge in [0.15, 0.2) is 0 Å². The van der Waals surface area contributed by atoms with Gasteiger partial charge in [0.25, 0.3) is 5.56 Å². The Bertz CT molecular complexity index is 1540. The number of aromatic hydroxyl groups is 1. The van der Waals surface area contributed by atoms with Crippen LogP contribution in [0.25, 0.3) is 16.7 Å². The molecule has 4 N–H and O–H groups in total. The zero-order valence-corrected chi connectivity index (χ0v) is 18.5. The number of benzene rings is 2. The van der Waals surface area contributed by atoms with Gasteiger partial charge in [-0.05, 0) is 50.6 Å². The van der Waals surface area contributed by atoms with E-state index < -0.39 is 17.1 Å². The third-order valence-corrected chi connectivity index (χ3v) is 5.43. The Balaban J connectivity index is 1.88. The van der Waals surface area contributed by atoms with Gasteiger partial charge in [0.2, 0.25) is 5.88 Å². The summed E-state index contributed by atoms with van der Waals surface area (Å²) in [4.78, 5) is 50.8. The molecule has 0 unspecified atom stereocenters. The van der Waals surface area contributed by atoms with Gasteiger partial charge < -0.3 is 20.0 Å². The van der Waals surface area contributed by atoms with Crippen LogP contribution >= 0.6 is 0 Å².